The molecule has 0 spiro atoms. The summed E-state index contributed by atoms with van der Waals surface area (Å²) in [4.78, 5) is 0. The van der Waals surface area contributed by atoms with Crippen LogP contribution >= 0.6 is 61.2 Å². The summed E-state index contributed by atoms with van der Waals surface area (Å²) in [7, 11) is 0. The van der Waals surface area contributed by atoms with Crippen LogP contribution in [0.15, 0.2) is 0 Å². The van der Waals surface area contributed by atoms with Gasteiger partial charge in [0.2, 0.25) is 0 Å². The normalized spacial score (nSPS) is 12.0. The van der Waals surface area contributed by atoms with E-state index in [0.717, 1.165) is 6.54 Å². The lowest BCUT2D eigenvalue weighted by molar-refractivity contribution is 0.666. The molecule has 2 radical (unpaired) electrons. The summed E-state index contributed by atoms with van der Waals surface area (Å²) in [5.74, 6) is 0. The van der Waals surface area contributed by atoms with Gasteiger partial charge in [0.05, 0.1) is 0 Å². The predicted octanol–water partition coefficient (Wildman–Crippen LogP) is 3.25. The van der Waals surface area contributed by atoms with Crippen LogP contribution in [-0.2, 0) is 0 Å². The molecule has 0 fully saturated rings. The van der Waals surface area contributed by atoms with Crippen LogP contribution in [0.4, 0.5) is 0 Å². The van der Waals surface area contributed by atoms with Crippen molar-refractivity contribution in [1.29, 1.82) is 0 Å². The van der Waals surface area contributed by atoms with Crippen LogP contribution in [-0.4, -0.2) is 23.2 Å². The lowest BCUT2D eigenvalue weighted by Crippen LogP contribution is -2.37. The Bertz CT molecular complexity index is 82.6. The maximum atomic E-state index is 3.55. The monoisotopic (exact) mass is 429 g/mol. The highest BCUT2D eigenvalue weighted by Crippen LogP contribution is 2.18. The average molecular weight is 433 g/mol. The molecule has 0 aliphatic carbocycles. The van der Waals surface area contributed by atoms with E-state index >= 15 is 0 Å². The summed E-state index contributed by atoms with van der Waals surface area (Å²) in [6.07, 6.45) is -0.0593. The lowest BCUT2D eigenvalue weighted by atomic mass is 10.5. The Morgan fingerprint density at radius 3 is 1.60 bits per heavy atom. The maximum Gasteiger partial charge on any atom is 0.295 e. The summed E-state index contributed by atoms with van der Waals surface area (Å²) in [6, 6.07) is 0. The van der Waals surface area contributed by atoms with Crippen molar-refractivity contribution in [3.63, 3.8) is 0 Å². The Hall–Kier alpha value is 2.31. The summed E-state index contributed by atoms with van der Waals surface area (Å²) in [5.41, 5.74) is 0. The summed E-state index contributed by atoms with van der Waals surface area (Å²) in [5, 5.41) is 0. The van der Waals surface area contributed by atoms with E-state index in [2.05, 4.69) is 72.3 Å². The van der Waals surface area contributed by atoms with Gasteiger partial charge in [-0.05, 0) is 13.0 Å². The Labute approximate surface area is 96.6 Å². The van der Waals surface area contributed by atoms with E-state index < -0.39 is 12.4 Å². The van der Waals surface area contributed by atoms with Gasteiger partial charge in [-0.1, -0.05) is 68.1 Å². The van der Waals surface area contributed by atoms with Crippen LogP contribution in [0.1, 0.15) is 13.3 Å². The fourth-order valence-electron chi connectivity index (χ4n) is 0.457. The smallest absolute Gasteiger partial charge is 0.295 e. The Morgan fingerprint density at radius 2 is 1.50 bits per heavy atom. The van der Waals surface area contributed by atoms with E-state index in [1.54, 1.807) is 0 Å². The van der Waals surface area contributed by atoms with E-state index in [4.69, 9.17) is 0 Å². The predicted molar refractivity (Wildman–Crippen MR) is 64.2 cm³/mol. The average Bonchev–Trinajstić information content (AvgIpc) is 1.81. The number of nitrogens with zero attached hydrogens (tertiary/aromatic N) is 1. The minimum Gasteiger partial charge on any atom is -0.311 e. The van der Waals surface area contributed by atoms with E-state index in [9.17, 15) is 0 Å². The van der Waals surface area contributed by atoms with Gasteiger partial charge in [-0.25, -0.2) is 0 Å². The number of hydrogen-bond acceptors (Lipinski definition) is 1. The zero-order chi connectivity index (χ0) is 8.15. The van der Waals surface area contributed by atoms with Crippen molar-refractivity contribution in [2.75, 3.05) is 6.54 Å². The highest BCUT2D eigenvalue weighted by Gasteiger charge is 2.21. The van der Waals surface area contributed by atoms with Crippen molar-refractivity contribution >= 4 is 73.6 Å². The van der Waals surface area contributed by atoms with Gasteiger partial charge >= 0.3 is 0 Å². The molecule has 0 rings (SSSR count). The van der Waals surface area contributed by atoms with Gasteiger partial charge in [0.15, 0.2) is 0 Å². The quantitative estimate of drug-likeness (QED) is 0.487. The first-order valence-electron chi connectivity index (χ1n) is 2.73. The van der Waals surface area contributed by atoms with Crippen molar-refractivity contribution in [3.8, 4) is 0 Å². The summed E-state index contributed by atoms with van der Waals surface area (Å²) in [6.45, 7) is 3.32. The van der Waals surface area contributed by atoms with Crippen molar-refractivity contribution in [2.45, 2.75) is 13.3 Å². The molecule has 0 aliphatic rings. The highest BCUT2D eigenvalue weighted by molar-refractivity contribution is 9.51. The van der Waals surface area contributed by atoms with Crippen LogP contribution in [0, 0.1) is 0 Å². The molecule has 0 saturated heterocycles. The second kappa shape index (κ2) is 6.79. The molecule has 60 valence electrons. The molecule has 0 amide bonds. The molecular weight excluding hydrogens is 426 g/mol. The van der Waals surface area contributed by atoms with E-state index in [1.165, 1.54) is 6.42 Å². The van der Waals surface area contributed by atoms with E-state index in [0.29, 0.717) is 0 Å². The molecule has 0 aromatic heterocycles. The minimum absolute atomic E-state index is 0.625. The fourth-order valence-corrected chi connectivity index (χ4v) is 18.8. The first-order chi connectivity index (χ1) is 4.59. The molecule has 10 heavy (non-hydrogen) atoms. The minimum atomic E-state index is -0.625. The molecule has 0 bridgehead atoms. The van der Waals surface area contributed by atoms with Crippen LogP contribution in [0.2, 0.25) is 0 Å². The molecule has 0 saturated carbocycles. The maximum absolute atomic E-state index is 3.55. The Kier molecular flexibility index (Phi) is 8.36. The second-order valence-electron chi connectivity index (χ2n) is 1.63. The zero-order valence-electron chi connectivity index (χ0n) is 5.37. The second-order valence-corrected chi connectivity index (χ2v) is 19.5. The van der Waals surface area contributed by atoms with Crippen LogP contribution in [0.5, 0.6) is 0 Å². The molecule has 0 N–H and O–H groups in total. The highest BCUT2D eigenvalue weighted by atomic mass is 79.9. The number of rotatable bonds is 4. The number of hydrogen-bond donors (Lipinski definition) is 0. The molecule has 0 aliphatic heterocycles. The standard InChI is InChI=1S/C3H7Br4NSi2/c1-2-3-8(9(4)5)10(6)7/h2-3H2,1H3. The van der Waals surface area contributed by atoms with Gasteiger partial charge in [0, 0.05) is 0 Å². The largest absolute Gasteiger partial charge is 0.311 e. The molecule has 0 aromatic rings. The molecule has 0 aromatic carbocycles. The van der Waals surface area contributed by atoms with Crippen molar-refractivity contribution < 1.29 is 0 Å². The lowest BCUT2D eigenvalue weighted by Gasteiger charge is -2.21. The van der Waals surface area contributed by atoms with Gasteiger partial charge in [0.25, 0.3) is 12.4 Å². The first-order valence-corrected chi connectivity index (χ1v) is 14.6. The van der Waals surface area contributed by atoms with Crippen molar-refractivity contribution in [3.05, 3.63) is 0 Å². The molecule has 0 heterocycles. The van der Waals surface area contributed by atoms with E-state index in [-0.39, 0.29) is 0 Å². The fraction of sp³-hybridized carbons (Fsp3) is 1.00. The molecule has 7 heteroatoms. The third-order valence-corrected chi connectivity index (χ3v) is 12.5. The van der Waals surface area contributed by atoms with Gasteiger partial charge in [0.1, 0.15) is 0 Å². The van der Waals surface area contributed by atoms with Gasteiger partial charge in [-0.2, -0.15) is 0 Å². The number of halogens is 4. The SMILES string of the molecule is CCCN([Si](Br)Br)[Si](Br)Br. The van der Waals surface area contributed by atoms with Gasteiger partial charge in [-0.3, -0.25) is 0 Å². The van der Waals surface area contributed by atoms with E-state index in [1.807, 2.05) is 0 Å². The molecule has 0 atom stereocenters. The van der Waals surface area contributed by atoms with Crippen LogP contribution < -0.4 is 0 Å². The third kappa shape index (κ3) is 5.05. The molecule has 1 nitrogen and oxygen atoms in total. The van der Waals surface area contributed by atoms with Crippen LogP contribution in [0.3, 0.4) is 0 Å². The first kappa shape index (κ1) is 12.3. The summed E-state index contributed by atoms with van der Waals surface area (Å²) >= 11 is 14.2. The third-order valence-electron chi connectivity index (χ3n) is 0.855. The van der Waals surface area contributed by atoms with Crippen molar-refractivity contribution in [2.24, 2.45) is 0 Å². The summed E-state index contributed by atoms with van der Waals surface area (Å²) < 4.78 is 2.38. The molecule has 0 unspecified atom stereocenters. The molecular formula is C3H7Br4NSi2. The van der Waals surface area contributed by atoms with Gasteiger partial charge < -0.3 is 4.23 Å². The zero-order valence-corrected chi connectivity index (χ0v) is 13.7. The van der Waals surface area contributed by atoms with Gasteiger partial charge in [-0.15, -0.1) is 0 Å². The van der Waals surface area contributed by atoms with Crippen LogP contribution in [0.25, 0.3) is 0 Å². The Morgan fingerprint density at radius 1 is 1.10 bits per heavy atom. The Balaban J connectivity index is 3.73. The van der Waals surface area contributed by atoms with Crippen molar-refractivity contribution in [1.82, 2.24) is 4.23 Å². The topological polar surface area (TPSA) is 3.24 Å².